The third kappa shape index (κ3) is 17.1. The Bertz CT molecular complexity index is 8100. The first kappa shape index (κ1) is 99.5. The molecule has 0 unspecified atom stereocenters. The summed E-state index contributed by atoms with van der Waals surface area (Å²) >= 11 is 0.544. The van der Waals surface area contributed by atoms with E-state index in [2.05, 4.69) is 84.7 Å². The van der Waals surface area contributed by atoms with Gasteiger partial charge in [-0.3, -0.25) is 5.04 Å². The summed E-state index contributed by atoms with van der Waals surface area (Å²) in [6.07, 6.45) is 14.9. The van der Waals surface area contributed by atoms with E-state index in [1.807, 2.05) is 191 Å². The summed E-state index contributed by atoms with van der Waals surface area (Å²) in [5.74, 6) is -10.7. The van der Waals surface area contributed by atoms with Gasteiger partial charge in [-0.05, 0) is 387 Å². The van der Waals surface area contributed by atoms with E-state index in [0.29, 0.717) is 157 Å². The standard InChI is InChI=1S/C112H90F5N9O6S2.2CH4.2Zn/c1-51-39-57(7)93(58(8)40-51)100-77-27-29-81(121-77)102(82-30-28-78(122-82)101(94-59(9)41-52(2)42-60(94)10)80-34-38-90(126-80)106(89-37-33-79(100)125-89)107-108(113)110(115)112(117)111(116)109(107)114)96-63(13)47-71(48-64(96)14)74-49-91(133-132-131-127)73(50-92(74)134(128,129)130)70-45-61(11)95(62(12)46-70)103-83-31-35-87(123-83)104(97-65(15)53(3)43-54(4)66(97)16)85-25-23-75(119-85)99(69-19-21-72(118)22-20-69)76-24-26-86(120-76)105(88-36-32-84(103)124-88)98-67(17)55(5)44-56(6)68(98)18;;;;/h19-50,127H,118H2,1-18H3,(H,128,129,130);2*1H4;;/q-4;;;2*+2/p-2. The number of hydrogen-bond donors (Lipinski definition) is 1. The Morgan fingerprint density at radius 3 is 0.841 bits per heavy atom. The first-order valence-corrected chi connectivity index (χ1v) is 45.9. The van der Waals surface area contributed by atoms with E-state index in [1.165, 1.54) is 24.3 Å². The molecule has 0 aliphatic carbocycles. The Hall–Kier alpha value is -13.0. The molecule has 686 valence electrons. The van der Waals surface area contributed by atoms with Crippen molar-refractivity contribution in [3.05, 3.63) is 320 Å². The summed E-state index contributed by atoms with van der Waals surface area (Å²) in [7, 11) is -5.41. The number of nitrogens with zero attached hydrogens (tertiary/aromatic N) is 8. The molecule has 0 saturated heterocycles. The first-order chi connectivity index (χ1) is 63.9. The molecule has 0 amide bonds. The summed E-state index contributed by atoms with van der Waals surface area (Å²) in [6, 6.07) is 45.2. The number of benzene rings is 9. The second kappa shape index (κ2) is 38.1. The molecule has 4 aliphatic rings. The Balaban J connectivity index is 0.00000361. The SMILES string of the molecule is C.C.Cc1cc(C)c(-c2c3nc(c(-c4c(F)c(F)c(F)c(F)c4F)c4ccc([n-]4)c(-c4c(C)cc(C)cc4C)c4nc(c(-c5c(C)cc(-c6cc(SOO[O-])c(-c7cc(C)c(-c8c9nc(c(-c%10c(C)c(C)cc(C)c%10C)c%10ccc([n-]%10)c(-c%10ccc(N)cc%10)c%10nc(c(-c%11c(C)c(C)cc(C)c%11C)c%11ccc8[n-]%11)C=C%10)C=C9)c(C)c7)cc6S(=O)(=O)[O-])cc5C)c5ccc2[n-]5)C=C4)C=C3)c(C)c1.[Zn+2].[Zn+2]. The van der Waals surface area contributed by atoms with Gasteiger partial charge in [-0.2, -0.15) is 4.33 Å². The van der Waals surface area contributed by atoms with Crippen molar-refractivity contribution in [2.45, 2.75) is 149 Å². The second-order valence-electron chi connectivity index (χ2n) is 35.6. The van der Waals surface area contributed by atoms with E-state index in [1.54, 1.807) is 24.3 Å². The fraction of sp³-hybridized carbons (Fsp3) is 0.175. The fourth-order valence-electron chi connectivity index (χ4n) is 20.4. The number of fused-ring (bicyclic) bond motifs is 16. The smallest absolute Gasteiger partial charge is 0.744 e. The van der Waals surface area contributed by atoms with E-state index in [4.69, 9.17) is 49.9 Å². The number of anilines is 1. The average molecular weight is 1980 g/mol. The van der Waals surface area contributed by atoms with Crippen LogP contribution in [0, 0.1) is 154 Å². The molecular formula is C114H96F5N9O6S2Zn2-2. The van der Waals surface area contributed by atoms with Crippen LogP contribution < -0.4 is 30.9 Å². The van der Waals surface area contributed by atoms with Crippen LogP contribution in [0.5, 0.6) is 0 Å². The average Bonchev–Trinajstić information content (AvgIpc) is 1.34. The molecule has 138 heavy (non-hydrogen) atoms. The van der Waals surface area contributed by atoms with Gasteiger partial charge in [-0.15, -0.1) is 44.1 Å². The van der Waals surface area contributed by atoms with Crippen LogP contribution in [0.15, 0.2) is 155 Å². The maximum atomic E-state index is 16.7. The topological polar surface area (TPSA) is 233 Å². The number of aryl methyl sites for hydroxylation is 14. The van der Waals surface area contributed by atoms with Gasteiger partial charge in [-0.25, -0.2) is 50.3 Å². The van der Waals surface area contributed by atoms with Gasteiger partial charge in [0.2, 0.25) is 5.82 Å². The number of halogens is 5. The molecule has 4 aliphatic heterocycles. The summed E-state index contributed by atoms with van der Waals surface area (Å²) < 4.78 is 128. The van der Waals surface area contributed by atoms with E-state index in [9.17, 15) is 18.2 Å². The quantitative estimate of drug-likeness (QED) is 0.0123. The van der Waals surface area contributed by atoms with E-state index < -0.39 is 55.2 Å². The van der Waals surface area contributed by atoms with Crippen molar-refractivity contribution >= 4 is 121 Å². The number of rotatable bonds is 14. The van der Waals surface area contributed by atoms with Gasteiger partial charge in [0.1, 0.15) is 10.1 Å². The molecule has 19 rings (SSSR count). The Morgan fingerprint density at radius 2 is 0.551 bits per heavy atom. The van der Waals surface area contributed by atoms with Crippen molar-refractivity contribution in [3.63, 3.8) is 0 Å². The molecule has 9 aromatic carbocycles. The zero-order valence-electron chi connectivity index (χ0n) is 78.2. The monoisotopic (exact) mass is 1970 g/mol. The van der Waals surface area contributed by atoms with Gasteiger partial charge in [0, 0.05) is 16.1 Å². The molecule has 0 fully saturated rings. The van der Waals surface area contributed by atoms with Crippen molar-refractivity contribution < 1.29 is 88.5 Å². The molecule has 15 aromatic rings. The van der Waals surface area contributed by atoms with Crippen LogP contribution in [0.2, 0.25) is 0 Å². The van der Waals surface area contributed by atoms with Gasteiger partial charge in [0.25, 0.3) is 0 Å². The number of nitrogens with two attached hydrogens (primary N) is 1. The third-order valence-electron chi connectivity index (χ3n) is 26.7. The summed E-state index contributed by atoms with van der Waals surface area (Å²) in [4.78, 5) is 43.4. The zero-order chi connectivity index (χ0) is 94.7. The van der Waals surface area contributed by atoms with Crippen LogP contribution in [0.25, 0.3) is 204 Å². The predicted octanol–water partition coefficient (Wildman–Crippen LogP) is 28.0. The van der Waals surface area contributed by atoms with E-state index in [0.717, 1.165) is 117 Å². The molecular weight excluding hydrogens is 1880 g/mol. The van der Waals surface area contributed by atoms with Crippen LogP contribution in [0.4, 0.5) is 27.6 Å². The molecule has 10 heterocycles. The molecule has 2 N–H and O–H groups in total. The van der Waals surface area contributed by atoms with Crippen molar-refractivity contribution in [3.8, 4) is 111 Å². The zero-order valence-corrected chi connectivity index (χ0v) is 85.8. The molecule has 16 bridgehead atoms. The number of hydrogen-bond acceptors (Lipinski definition) is 12. The number of aromatic nitrogens is 8. The van der Waals surface area contributed by atoms with Gasteiger partial charge in [0.15, 0.2) is 23.3 Å². The van der Waals surface area contributed by atoms with E-state index in [-0.39, 0.29) is 92.3 Å². The fourth-order valence-corrected chi connectivity index (χ4v) is 21.7. The maximum absolute atomic E-state index is 16.7. The molecule has 6 aromatic heterocycles. The molecule has 0 spiro atoms. The van der Waals surface area contributed by atoms with Crippen molar-refractivity contribution in [2.24, 2.45) is 0 Å². The van der Waals surface area contributed by atoms with Gasteiger partial charge in [-0.1, -0.05) is 147 Å². The van der Waals surface area contributed by atoms with Crippen LogP contribution in [-0.4, -0.2) is 32.9 Å². The maximum Gasteiger partial charge on any atom is 2.00 e. The van der Waals surface area contributed by atoms with Gasteiger partial charge in [0.05, 0.1) is 68.1 Å². The minimum Gasteiger partial charge on any atom is -0.744 e. The predicted molar refractivity (Wildman–Crippen MR) is 540 cm³/mol. The Labute approximate surface area is 829 Å². The minimum atomic E-state index is -5.41. The summed E-state index contributed by atoms with van der Waals surface area (Å²) in [5.41, 5.74) is 40.1. The molecule has 0 atom stereocenters. The minimum absolute atomic E-state index is 0. The second-order valence-corrected chi connectivity index (χ2v) is 37.7. The third-order valence-corrected chi connectivity index (χ3v) is 28.2. The van der Waals surface area contributed by atoms with Crippen LogP contribution in [0.1, 0.15) is 161 Å². The van der Waals surface area contributed by atoms with Gasteiger partial charge < -0.3 is 35.5 Å². The normalized spacial score (nSPS) is 12.1. The van der Waals surface area contributed by atoms with Gasteiger partial charge >= 0.3 is 39.0 Å². The Morgan fingerprint density at radius 1 is 0.297 bits per heavy atom. The molecule has 15 nitrogen and oxygen atoms in total. The Kier molecular flexibility index (Phi) is 27.5. The first-order valence-electron chi connectivity index (χ1n) is 43.8. The van der Waals surface area contributed by atoms with Crippen LogP contribution >= 0.6 is 12.0 Å². The van der Waals surface area contributed by atoms with Crippen LogP contribution in [0.3, 0.4) is 0 Å². The van der Waals surface area contributed by atoms with Crippen molar-refractivity contribution in [2.75, 3.05) is 5.73 Å². The molecule has 0 saturated carbocycles. The largest absolute Gasteiger partial charge is 2.00 e. The summed E-state index contributed by atoms with van der Waals surface area (Å²) in [6.45, 7) is 36.3. The van der Waals surface area contributed by atoms with Crippen molar-refractivity contribution in [1.82, 2.24) is 39.9 Å². The van der Waals surface area contributed by atoms with Crippen molar-refractivity contribution in [1.29, 1.82) is 0 Å². The summed E-state index contributed by atoms with van der Waals surface area (Å²) in [5, 5.41) is 16.3. The molecule has 24 heteroatoms. The number of nitrogen functional groups attached to an aromatic ring is 1. The molecule has 0 radical (unpaired) electrons. The van der Waals surface area contributed by atoms with E-state index >= 15 is 22.0 Å². The van der Waals surface area contributed by atoms with Crippen LogP contribution in [-0.2, 0) is 58.4 Å².